The van der Waals surface area contributed by atoms with Gasteiger partial charge in [-0.1, -0.05) is 15.9 Å². The highest BCUT2D eigenvalue weighted by atomic mass is 79.9. The van der Waals surface area contributed by atoms with Crippen LogP contribution in [0, 0.1) is 0 Å². The molecule has 0 unspecified atom stereocenters. The fourth-order valence-corrected chi connectivity index (χ4v) is 2.93. The number of methoxy groups -OCH3 is 1. The van der Waals surface area contributed by atoms with Gasteiger partial charge in [0.15, 0.2) is 0 Å². The molecule has 0 saturated carbocycles. The zero-order valence-corrected chi connectivity index (χ0v) is 14.2. The Labute approximate surface area is 131 Å². The van der Waals surface area contributed by atoms with Crippen LogP contribution in [0.4, 0.5) is 0 Å². The second-order valence-corrected chi connectivity index (χ2v) is 6.10. The van der Waals surface area contributed by atoms with Gasteiger partial charge in [-0.2, -0.15) is 0 Å². The van der Waals surface area contributed by atoms with Gasteiger partial charge < -0.3 is 9.47 Å². The smallest absolute Gasteiger partial charge is 0.141 e. The molecule has 5 heteroatoms. The number of hydrogen-bond acceptors (Lipinski definition) is 2. The van der Waals surface area contributed by atoms with Crippen LogP contribution in [0.15, 0.2) is 49.8 Å². The summed E-state index contributed by atoms with van der Waals surface area (Å²) in [4.78, 5) is 0. The Bertz CT molecular complexity index is 570. The molecule has 94 valence electrons. The van der Waals surface area contributed by atoms with E-state index in [9.17, 15) is 0 Å². The van der Waals surface area contributed by atoms with Gasteiger partial charge in [0.25, 0.3) is 0 Å². The summed E-state index contributed by atoms with van der Waals surface area (Å²) in [6.07, 6.45) is 0. The molecule has 2 aromatic carbocycles. The molecule has 0 N–H and O–H groups in total. The zero-order valence-electron chi connectivity index (χ0n) is 9.41. The first-order chi connectivity index (χ1) is 8.60. The lowest BCUT2D eigenvalue weighted by atomic mass is 10.3. The molecule has 0 atom stereocenters. The van der Waals surface area contributed by atoms with E-state index < -0.39 is 0 Å². The van der Waals surface area contributed by atoms with Crippen LogP contribution >= 0.6 is 47.8 Å². The van der Waals surface area contributed by atoms with Crippen LogP contribution in [0.5, 0.6) is 17.2 Å². The minimum Gasteiger partial charge on any atom is -0.495 e. The first-order valence-electron chi connectivity index (χ1n) is 5.06. The highest BCUT2D eigenvalue weighted by Gasteiger charge is 2.06. The minimum absolute atomic E-state index is 0.720. The second kappa shape index (κ2) is 6.08. The highest BCUT2D eigenvalue weighted by Crippen LogP contribution is 2.35. The normalized spacial score (nSPS) is 10.2. The summed E-state index contributed by atoms with van der Waals surface area (Å²) in [6, 6.07) is 11.4. The van der Waals surface area contributed by atoms with Gasteiger partial charge in [-0.3, -0.25) is 0 Å². The molecule has 0 radical (unpaired) electrons. The molecule has 0 aliphatic heterocycles. The van der Waals surface area contributed by atoms with Crippen molar-refractivity contribution in [3.63, 3.8) is 0 Å². The molecule has 0 bridgehead atoms. The van der Waals surface area contributed by atoms with E-state index in [1.807, 2.05) is 36.4 Å². The largest absolute Gasteiger partial charge is 0.495 e. The van der Waals surface area contributed by atoms with Crippen molar-refractivity contribution in [1.29, 1.82) is 0 Å². The number of benzene rings is 2. The van der Waals surface area contributed by atoms with Crippen LogP contribution in [-0.2, 0) is 0 Å². The number of rotatable bonds is 3. The molecule has 2 nitrogen and oxygen atoms in total. The van der Waals surface area contributed by atoms with Crippen molar-refractivity contribution in [3.8, 4) is 17.2 Å². The van der Waals surface area contributed by atoms with Crippen molar-refractivity contribution in [2.45, 2.75) is 0 Å². The topological polar surface area (TPSA) is 18.5 Å². The molecule has 2 aromatic rings. The van der Waals surface area contributed by atoms with E-state index >= 15 is 0 Å². The Kier molecular flexibility index (Phi) is 4.70. The molecular weight excluding hydrogens is 428 g/mol. The van der Waals surface area contributed by atoms with E-state index in [0.29, 0.717) is 0 Å². The molecule has 0 spiro atoms. The van der Waals surface area contributed by atoms with E-state index in [1.165, 1.54) is 0 Å². The maximum absolute atomic E-state index is 5.79. The average Bonchev–Trinajstić information content (AvgIpc) is 2.35. The fraction of sp³-hybridized carbons (Fsp3) is 0.0769. The molecule has 0 saturated heterocycles. The van der Waals surface area contributed by atoms with E-state index in [2.05, 4.69) is 47.8 Å². The summed E-state index contributed by atoms with van der Waals surface area (Å²) < 4.78 is 13.8. The van der Waals surface area contributed by atoms with Crippen molar-refractivity contribution < 1.29 is 9.47 Å². The van der Waals surface area contributed by atoms with Crippen molar-refractivity contribution in [3.05, 3.63) is 49.8 Å². The van der Waals surface area contributed by atoms with Crippen LogP contribution in [0.2, 0.25) is 0 Å². The minimum atomic E-state index is 0.720. The van der Waals surface area contributed by atoms with Crippen LogP contribution in [-0.4, -0.2) is 7.11 Å². The third-order valence-electron chi connectivity index (χ3n) is 2.24. The predicted octanol–water partition coefficient (Wildman–Crippen LogP) is 5.78. The van der Waals surface area contributed by atoms with Gasteiger partial charge in [-0.15, -0.1) is 0 Å². The van der Waals surface area contributed by atoms with Crippen LogP contribution in [0.25, 0.3) is 0 Å². The molecule has 0 aliphatic rings. The van der Waals surface area contributed by atoms with E-state index in [1.54, 1.807) is 7.11 Å². The monoisotopic (exact) mass is 434 g/mol. The quantitative estimate of drug-likeness (QED) is 0.607. The van der Waals surface area contributed by atoms with Gasteiger partial charge in [0.2, 0.25) is 0 Å². The molecule has 0 aliphatic carbocycles. The molecule has 0 fully saturated rings. The van der Waals surface area contributed by atoms with Crippen molar-refractivity contribution in [1.82, 2.24) is 0 Å². The Morgan fingerprint density at radius 3 is 2.28 bits per heavy atom. The molecule has 0 heterocycles. The van der Waals surface area contributed by atoms with Crippen LogP contribution in [0.3, 0.4) is 0 Å². The maximum Gasteiger partial charge on any atom is 0.141 e. The molecule has 2 rings (SSSR count). The van der Waals surface area contributed by atoms with E-state index in [0.717, 1.165) is 30.7 Å². The lowest BCUT2D eigenvalue weighted by Gasteiger charge is -2.10. The Hall–Kier alpha value is -0.520. The summed E-state index contributed by atoms with van der Waals surface area (Å²) in [7, 11) is 1.62. The summed E-state index contributed by atoms with van der Waals surface area (Å²) in [5.41, 5.74) is 0. The van der Waals surface area contributed by atoms with Gasteiger partial charge in [-0.25, -0.2) is 0 Å². The predicted molar refractivity (Wildman–Crippen MR) is 82.6 cm³/mol. The maximum atomic E-state index is 5.79. The SMILES string of the molecule is COc1cc(Oc2ccc(Br)cc2Br)ccc1Br. The average molecular weight is 437 g/mol. The Morgan fingerprint density at radius 1 is 0.833 bits per heavy atom. The lowest BCUT2D eigenvalue weighted by Crippen LogP contribution is -1.88. The first-order valence-corrected chi connectivity index (χ1v) is 7.44. The van der Waals surface area contributed by atoms with Crippen molar-refractivity contribution >= 4 is 47.8 Å². The van der Waals surface area contributed by atoms with E-state index in [-0.39, 0.29) is 0 Å². The van der Waals surface area contributed by atoms with Crippen molar-refractivity contribution in [2.75, 3.05) is 7.11 Å². The van der Waals surface area contributed by atoms with Gasteiger partial charge in [0.05, 0.1) is 16.1 Å². The van der Waals surface area contributed by atoms with E-state index in [4.69, 9.17) is 9.47 Å². The molecule has 0 amide bonds. The highest BCUT2D eigenvalue weighted by molar-refractivity contribution is 9.11. The van der Waals surface area contributed by atoms with Crippen LogP contribution < -0.4 is 9.47 Å². The van der Waals surface area contributed by atoms with Gasteiger partial charge in [0, 0.05) is 10.5 Å². The Morgan fingerprint density at radius 2 is 1.61 bits per heavy atom. The third-order valence-corrected chi connectivity index (χ3v) is 4.01. The van der Waals surface area contributed by atoms with Crippen LogP contribution in [0.1, 0.15) is 0 Å². The summed E-state index contributed by atoms with van der Waals surface area (Å²) in [6.45, 7) is 0. The number of halogens is 3. The summed E-state index contributed by atoms with van der Waals surface area (Å²) >= 11 is 10.3. The Balaban J connectivity index is 2.28. The van der Waals surface area contributed by atoms with Gasteiger partial charge in [0.1, 0.15) is 17.2 Å². The zero-order chi connectivity index (χ0) is 13.1. The van der Waals surface area contributed by atoms with Gasteiger partial charge >= 0.3 is 0 Å². The summed E-state index contributed by atoms with van der Waals surface area (Å²) in [5, 5.41) is 0. The second-order valence-electron chi connectivity index (χ2n) is 3.47. The fourth-order valence-electron chi connectivity index (χ4n) is 1.39. The third kappa shape index (κ3) is 3.28. The van der Waals surface area contributed by atoms with Gasteiger partial charge in [-0.05, 0) is 62.2 Å². The standard InChI is InChI=1S/C13H9Br3O2/c1-17-13-7-9(3-4-10(13)15)18-12-5-2-8(14)6-11(12)16/h2-7H,1H3. The first kappa shape index (κ1) is 13.9. The molecule has 18 heavy (non-hydrogen) atoms. The summed E-state index contributed by atoms with van der Waals surface area (Å²) in [5.74, 6) is 2.21. The number of ether oxygens (including phenoxy) is 2. The lowest BCUT2D eigenvalue weighted by molar-refractivity contribution is 0.406. The van der Waals surface area contributed by atoms with Crippen molar-refractivity contribution in [2.24, 2.45) is 0 Å². The molecular formula is C13H9Br3O2. The molecule has 0 aromatic heterocycles. The number of hydrogen-bond donors (Lipinski definition) is 0.